The highest BCUT2D eigenvalue weighted by Crippen LogP contribution is 2.29. The van der Waals surface area contributed by atoms with Gasteiger partial charge in [0.15, 0.2) is 0 Å². The minimum Gasteiger partial charge on any atom is -0.352 e. The Labute approximate surface area is 111 Å². The van der Waals surface area contributed by atoms with E-state index in [4.69, 9.17) is 5.73 Å². The lowest BCUT2D eigenvalue weighted by atomic mass is 9.80. The van der Waals surface area contributed by atoms with Gasteiger partial charge in [-0.25, -0.2) is 0 Å². The molecule has 2 rings (SSSR count). The molecule has 0 bridgehead atoms. The summed E-state index contributed by atoms with van der Waals surface area (Å²) in [6.45, 7) is 2.15. The molecular weight excluding hydrogens is 224 g/mol. The number of hydrogen-bond donors (Lipinski definition) is 2. The van der Waals surface area contributed by atoms with Crippen LogP contribution in [0.4, 0.5) is 0 Å². The van der Waals surface area contributed by atoms with E-state index < -0.39 is 5.54 Å². The molecule has 1 atom stereocenters. The van der Waals surface area contributed by atoms with Crippen LogP contribution in [0.2, 0.25) is 0 Å². The summed E-state index contributed by atoms with van der Waals surface area (Å²) in [7, 11) is 0. The highest BCUT2D eigenvalue weighted by Gasteiger charge is 2.36. The number of rotatable bonds is 3. The van der Waals surface area contributed by atoms with Crippen LogP contribution in [0.1, 0.15) is 71.1 Å². The molecule has 2 fully saturated rings. The lowest BCUT2D eigenvalue weighted by molar-refractivity contribution is -0.128. The number of nitrogens with two attached hydrogens (primary N) is 1. The molecule has 0 saturated heterocycles. The van der Waals surface area contributed by atoms with Gasteiger partial charge in [0.1, 0.15) is 0 Å². The van der Waals surface area contributed by atoms with E-state index in [2.05, 4.69) is 12.2 Å². The summed E-state index contributed by atoms with van der Waals surface area (Å²) in [4.78, 5) is 12.3. The molecule has 18 heavy (non-hydrogen) atoms. The fraction of sp³-hybridized carbons (Fsp3) is 0.933. The van der Waals surface area contributed by atoms with Gasteiger partial charge in [0.25, 0.3) is 0 Å². The minimum atomic E-state index is -0.582. The largest absolute Gasteiger partial charge is 0.352 e. The van der Waals surface area contributed by atoms with Crippen LogP contribution < -0.4 is 11.1 Å². The van der Waals surface area contributed by atoms with Crippen molar-refractivity contribution in [3.8, 4) is 0 Å². The van der Waals surface area contributed by atoms with Crippen LogP contribution in [-0.4, -0.2) is 17.5 Å². The lowest BCUT2D eigenvalue weighted by Crippen LogP contribution is -2.57. The van der Waals surface area contributed by atoms with E-state index in [1.165, 1.54) is 38.5 Å². The van der Waals surface area contributed by atoms with E-state index in [0.717, 1.165) is 25.7 Å². The number of amides is 1. The number of hydrogen-bond acceptors (Lipinski definition) is 2. The van der Waals surface area contributed by atoms with Crippen LogP contribution in [0, 0.1) is 5.92 Å². The van der Waals surface area contributed by atoms with Crippen molar-refractivity contribution in [3.63, 3.8) is 0 Å². The Morgan fingerprint density at radius 3 is 2.28 bits per heavy atom. The molecule has 3 nitrogen and oxygen atoms in total. The van der Waals surface area contributed by atoms with Crippen molar-refractivity contribution in [2.45, 2.75) is 82.7 Å². The highest BCUT2D eigenvalue weighted by atomic mass is 16.2. The number of carbonyl (C=O) groups is 1. The molecule has 1 amide bonds. The van der Waals surface area contributed by atoms with Gasteiger partial charge in [0.2, 0.25) is 5.91 Å². The van der Waals surface area contributed by atoms with Crippen LogP contribution in [-0.2, 0) is 4.79 Å². The van der Waals surface area contributed by atoms with Crippen molar-refractivity contribution in [2.24, 2.45) is 11.7 Å². The minimum absolute atomic E-state index is 0.0975. The Balaban J connectivity index is 1.85. The van der Waals surface area contributed by atoms with E-state index in [9.17, 15) is 4.79 Å². The molecule has 0 aliphatic heterocycles. The van der Waals surface area contributed by atoms with Crippen LogP contribution in [0.3, 0.4) is 0 Å². The molecule has 0 aromatic carbocycles. The Morgan fingerprint density at radius 1 is 1.11 bits per heavy atom. The molecular formula is C15H28N2O. The Hall–Kier alpha value is -0.570. The zero-order valence-corrected chi connectivity index (χ0v) is 11.7. The van der Waals surface area contributed by atoms with Gasteiger partial charge in [-0.05, 0) is 38.5 Å². The van der Waals surface area contributed by atoms with Gasteiger partial charge in [-0.3, -0.25) is 4.79 Å². The van der Waals surface area contributed by atoms with Crippen molar-refractivity contribution in [1.82, 2.24) is 5.32 Å². The molecule has 2 aliphatic rings. The van der Waals surface area contributed by atoms with Crippen molar-refractivity contribution < 1.29 is 4.79 Å². The van der Waals surface area contributed by atoms with E-state index in [1.54, 1.807) is 0 Å². The number of nitrogens with one attached hydrogen (secondary N) is 1. The average molecular weight is 252 g/mol. The fourth-order valence-electron chi connectivity index (χ4n) is 3.51. The van der Waals surface area contributed by atoms with Crippen molar-refractivity contribution in [2.75, 3.05) is 0 Å². The molecule has 2 saturated carbocycles. The maximum atomic E-state index is 12.3. The molecule has 3 N–H and O–H groups in total. The Kier molecular flexibility index (Phi) is 4.66. The molecule has 104 valence electrons. The first-order valence-electron chi connectivity index (χ1n) is 7.72. The zero-order chi connectivity index (χ0) is 13.0. The van der Waals surface area contributed by atoms with Gasteiger partial charge >= 0.3 is 0 Å². The van der Waals surface area contributed by atoms with Gasteiger partial charge in [-0.2, -0.15) is 0 Å². The van der Waals surface area contributed by atoms with E-state index in [0.29, 0.717) is 12.0 Å². The smallest absolute Gasteiger partial charge is 0.240 e. The summed E-state index contributed by atoms with van der Waals surface area (Å²) in [5.74, 6) is 0.759. The van der Waals surface area contributed by atoms with Crippen molar-refractivity contribution in [1.29, 1.82) is 0 Å². The fourth-order valence-corrected chi connectivity index (χ4v) is 3.51. The van der Waals surface area contributed by atoms with Crippen LogP contribution in [0.5, 0.6) is 0 Å². The summed E-state index contributed by atoms with van der Waals surface area (Å²) < 4.78 is 0. The van der Waals surface area contributed by atoms with E-state index in [-0.39, 0.29) is 5.91 Å². The monoisotopic (exact) mass is 252 g/mol. The highest BCUT2D eigenvalue weighted by molar-refractivity contribution is 5.86. The molecule has 0 aromatic heterocycles. The van der Waals surface area contributed by atoms with Gasteiger partial charge in [-0.1, -0.05) is 38.5 Å². The predicted octanol–water partition coefficient (Wildman–Crippen LogP) is 2.73. The topological polar surface area (TPSA) is 55.1 Å². The maximum absolute atomic E-state index is 12.3. The van der Waals surface area contributed by atoms with E-state index >= 15 is 0 Å². The van der Waals surface area contributed by atoms with Crippen molar-refractivity contribution >= 4 is 5.91 Å². The molecule has 0 aromatic rings. The third kappa shape index (κ3) is 3.25. The normalized spacial score (nSPS) is 26.6. The Bertz CT molecular complexity index is 278. The first-order valence-corrected chi connectivity index (χ1v) is 7.72. The van der Waals surface area contributed by atoms with Crippen molar-refractivity contribution in [3.05, 3.63) is 0 Å². The standard InChI is InChI=1S/C15H28N2O/c1-12(13-8-4-2-5-9-13)17-14(18)15(16)10-6-3-7-11-15/h12-13H,2-11,16H2,1H3,(H,17,18). The second kappa shape index (κ2) is 6.05. The number of carbonyl (C=O) groups excluding carboxylic acids is 1. The molecule has 2 aliphatic carbocycles. The van der Waals surface area contributed by atoms with Gasteiger partial charge in [-0.15, -0.1) is 0 Å². The average Bonchev–Trinajstić information content (AvgIpc) is 2.40. The molecule has 0 heterocycles. The zero-order valence-electron chi connectivity index (χ0n) is 11.7. The first-order chi connectivity index (χ1) is 8.62. The molecule has 0 radical (unpaired) electrons. The van der Waals surface area contributed by atoms with Gasteiger partial charge in [0.05, 0.1) is 5.54 Å². The summed E-state index contributed by atoms with van der Waals surface area (Å²) in [6, 6.07) is 0.292. The summed E-state index contributed by atoms with van der Waals surface area (Å²) >= 11 is 0. The third-order valence-electron chi connectivity index (χ3n) is 4.91. The van der Waals surface area contributed by atoms with Crippen LogP contribution in [0.15, 0.2) is 0 Å². The third-order valence-corrected chi connectivity index (χ3v) is 4.91. The molecule has 0 spiro atoms. The Morgan fingerprint density at radius 2 is 1.67 bits per heavy atom. The van der Waals surface area contributed by atoms with Gasteiger partial charge < -0.3 is 11.1 Å². The van der Waals surface area contributed by atoms with Crippen LogP contribution in [0.25, 0.3) is 0 Å². The summed E-state index contributed by atoms with van der Waals surface area (Å²) in [5.41, 5.74) is 5.69. The van der Waals surface area contributed by atoms with E-state index in [1.807, 2.05) is 0 Å². The quantitative estimate of drug-likeness (QED) is 0.811. The predicted molar refractivity (Wildman–Crippen MR) is 74.2 cm³/mol. The summed E-state index contributed by atoms with van der Waals surface area (Å²) in [5, 5.41) is 3.20. The lowest BCUT2D eigenvalue weighted by Gasteiger charge is -2.35. The molecule has 3 heteroatoms. The summed E-state index contributed by atoms with van der Waals surface area (Å²) in [6.07, 6.45) is 11.7. The maximum Gasteiger partial charge on any atom is 0.240 e. The molecule has 1 unspecified atom stereocenters. The first kappa shape index (κ1) is 13.9. The van der Waals surface area contributed by atoms with Crippen LogP contribution >= 0.6 is 0 Å². The second-order valence-corrected chi connectivity index (χ2v) is 6.38. The second-order valence-electron chi connectivity index (χ2n) is 6.38. The SMILES string of the molecule is CC(NC(=O)C1(N)CCCCC1)C1CCCCC1. The van der Waals surface area contributed by atoms with Gasteiger partial charge in [0, 0.05) is 6.04 Å².